The fraction of sp³-hybridized carbons (Fsp3) is 0.333. The van der Waals surface area contributed by atoms with Crippen molar-refractivity contribution in [3.63, 3.8) is 0 Å². The third-order valence-electron chi connectivity index (χ3n) is 4.77. The molecule has 6 heteroatoms. The predicted molar refractivity (Wildman–Crippen MR) is 117 cm³/mol. The first-order valence-corrected chi connectivity index (χ1v) is 9.97. The van der Waals surface area contributed by atoms with Gasteiger partial charge in [-0.25, -0.2) is 4.79 Å². The maximum absolute atomic E-state index is 12.0. The summed E-state index contributed by atoms with van der Waals surface area (Å²) in [6.45, 7) is 6.42. The van der Waals surface area contributed by atoms with Crippen LogP contribution in [0.4, 0.5) is 4.79 Å². The van der Waals surface area contributed by atoms with Crippen LogP contribution < -0.4 is 10.1 Å². The smallest absolute Gasteiger partial charge is 0.407 e. The van der Waals surface area contributed by atoms with E-state index in [1.165, 1.54) is 0 Å². The molecule has 1 aromatic heterocycles. The van der Waals surface area contributed by atoms with Gasteiger partial charge in [0, 0.05) is 24.0 Å². The second kappa shape index (κ2) is 9.03. The van der Waals surface area contributed by atoms with Crippen molar-refractivity contribution >= 4 is 23.3 Å². The van der Waals surface area contributed by atoms with Crippen molar-refractivity contribution in [2.24, 2.45) is 0 Å². The van der Waals surface area contributed by atoms with Gasteiger partial charge in [-0.1, -0.05) is 30.3 Å². The highest BCUT2D eigenvalue weighted by molar-refractivity contribution is 5.93. The molecule has 0 saturated carbocycles. The van der Waals surface area contributed by atoms with Crippen LogP contribution in [0.3, 0.4) is 0 Å². The zero-order chi connectivity index (χ0) is 21.7. The summed E-state index contributed by atoms with van der Waals surface area (Å²) in [6, 6.07) is 15.7. The SMILES string of the molecule is COc1ccc(Cn2c(C=O)c(CCNC(=O)OC(C)(C)C)c3ccccc32)cc1. The molecule has 0 aliphatic rings. The van der Waals surface area contributed by atoms with Gasteiger partial charge in [-0.3, -0.25) is 4.79 Å². The summed E-state index contributed by atoms with van der Waals surface area (Å²) in [5.41, 5.74) is 3.05. The van der Waals surface area contributed by atoms with E-state index in [-0.39, 0.29) is 0 Å². The van der Waals surface area contributed by atoms with Crippen molar-refractivity contribution in [1.29, 1.82) is 0 Å². The molecular formula is C24H28N2O4. The molecule has 0 saturated heterocycles. The van der Waals surface area contributed by atoms with E-state index >= 15 is 0 Å². The molecule has 0 atom stereocenters. The number of aldehydes is 1. The number of rotatable bonds is 7. The van der Waals surface area contributed by atoms with Crippen LogP contribution in [-0.4, -0.2) is 36.2 Å². The molecule has 0 unspecified atom stereocenters. The first kappa shape index (κ1) is 21.4. The van der Waals surface area contributed by atoms with Crippen LogP contribution in [0.5, 0.6) is 5.75 Å². The molecule has 158 valence electrons. The fourth-order valence-corrected chi connectivity index (χ4v) is 3.48. The summed E-state index contributed by atoms with van der Waals surface area (Å²) >= 11 is 0. The Labute approximate surface area is 176 Å². The van der Waals surface area contributed by atoms with Crippen LogP contribution in [0.15, 0.2) is 48.5 Å². The third kappa shape index (κ3) is 5.00. The van der Waals surface area contributed by atoms with Crippen LogP contribution in [0.2, 0.25) is 0 Å². The van der Waals surface area contributed by atoms with Crippen molar-refractivity contribution in [2.45, 2.75) is 39.3 Å². The first-order chi connectivity index (χ1) is 14.3. The lowest BCUT2D eigenvalue weighted by Crippen LogP contribution is -2.33. The van der Waals surface area contributed by atoms with Crippen molar-refractivity contribution in [3.8, 4) is 5.75 Å². The largest absolute Gasteiger partial charge is 0.497 e. The van der Waals surface area contributed by atoms with Gasteiger partial charge >= 0.3 is 6.09 Å². The summed E-state index contributed by atoms with van der Waals surface area (Å²) in [7, 11) is 1.64. The summed E-state index contributed by atoms with van der Waals surface area (Å²) in [6.07, 6.45) is 0.965. The number of carbonyl (C=O) groups excluding carboxylic acids is 2. The van der Waals surface area contributed by atoms with Gasteiger partial charge < -0.3 is 19.4 Å². The monoisotopic (exact) mass is 408 g/mol. The number of methoxy groups -OCH3 is 1. The number of amides is 1. The fourth-order valence-electron chi connectivity index (χ4n) is 3.48. The molecule has 1 amide bonds. The topological polar surface area (TPSA) is 69.6 Å². The number of nitrogens with zero attached hydrogens (tertiary/aromatic N) is 1. The molecule has 0 aliphatic carbocycles. The highest BCUT2D eigenvalue weighted by Crippen LogP contribution is 2.27. The maximum atomic E-state index is 12.0. The van der Waals surface area contributed by atoms with Crippen molar-refractivity contribution in [2.75, 3.05) is 13.7 Å². The lowest BCUT2D eigenvalue weighted by Gasteiger charge is -2.19. The summed E-state index contributed by atoms with van der Waals surface area (Å²) in [5.74, 6) is 0.792. The standard InChI is InChI=1S/C24H28N2O4/c1-24(2,3)30-23(28)25-14-13-20-19-7-5-6-8-21(19)26(22(20)16-27)15-17-9-11-18(29-4)12-10-17/h5-12,16H,13-15H2,1-4H3,(H,25,28). The molecule has 3 rings (SSSR count). The van der Waals surface area contributed by atoms with Crippen molar-refractivity contribution < 1.29 is 19.1 Å². The van der Waals surface area contributed by atoms with Crippen LogP contribution >= 0.6 is 0 Å². The van der Waals surface area contributed by atoms with Gasteiger partial charge in [-0.15, -0.1) is 0 Å². The third-order valence-corrected chi connectivity index (χ3v) is 4.77. The van der Waals surface area contributed by atoms with E-state index in [2.05, 4.69) is 5.32 Å². The van der Waals surface area contributed by atoms with Gasteiger partial charge in [0.05, 0.1) is 12.8 Å². The van der Waals surface area contributed by atoms with Crippen LogP contribution in [0.1, 0.15) is 42.4 Å². The number of benzene rings is 2. The summed E-state index contributed by atoms with van der Waals surface area (Å²) in [5, 5.41) is 3.79. The van der Waals surface area contributed by atoms with Crippen LogP contribution in [-0.2, 0) is 17.7 Å². The van der Waals surface area contributed by atoms with Crippen LogP contribution in [0, 0.1) is 0 Å². The van der Waals surface area contributed by atoms with Gasteiger partial charge in [0.2, 0.25) is 0 Å². The Morgan fingerprint density at radius 2 is 1.80 bits per heavy atom. The van der Waals surface area contributed by atoms with Crippen LogP contribution in [0.25, 0.3) is 10.9 Å². The number of nitrogens with one attached hydrogen (secondary N) is 1. The van der Waals surface area contributed by atoms with E-state index in [0.29, 0.717) is 25.2 Å². The summed E-state index contributed by atoms with van der Waals surface area (Å²) in [4.78, 5) is 24.0. The van der Waals surface area contributed by atoms with Gasteiger partial charge in [0.15, 0.2) is 6.29 Å². The molecule has 0 bridgehead atoms. The first-order valence-electron chi connectivity index (χ1n) is 9.97. The molecule has 2 aromatic carbocycles. The number of alkyl carbamates (subject to hydrolysis) is 1. The molecule has 0 aliphatic heterocycles. The second-order valence-electron chi connectivity index (χ2n) is 8.11. The highest BCUT2D eigenvalue weighted by Gasteiger charge is 2.18. The molecule has 1 heterocycles. The molecule has 30 heavy (non-hydrogen) atoms. The molecule has 0 spiro atoms. The zero-order valence-electron chi connectivity index (χ0n) is 17.9. The number of ether oxygens (including phenoxy) is 2. The Morgan fingerprint density at radius 1 is 1.10 bits per heavy atom. The van der Waals surface area contributed by atoms with E-state index in [4.69, 9.17) is 9.47 Å². The Hall–Kier alpha value is -3.28. The molecular weight excluding hydrogens is 380 g/mol. The zero-order valence-corrected chi connectivity index (χ0v) is 17.9. The molecule has 1 N–H and O–H groups in total. The molecule has 6 nitrogen and oxygen atoms in total. The predicted octanol–water partition coefficient (Wildman–Crippen LogP) is 4.58. The van der Waals surface area contributed by atoms with Gasteiger partial charge in [0.1, 0.15) is 11.4 Å². The normalized spacial score (nSPS) is 11.3. The summed E-state index contributed by atoms with van der Waals surface area (Å²) < 4.78 is 12.5. The average molecular weight is 408 g/mol. The Morgan fingerprint density at radius 3 is 2.43 bits per heavy atom. The van der Waals surface area contributed by atoms with E-state index in [0.717, 1.165) is 34.1 Å². The number of hydrogen-bond acceptors (Lipinski definition) is 4. The average Bonchev–Trinajstić information content (AvgIpc) is 3.00. The van der Waals surface area contributed by atoms with Gasteiger partial charge in [-0.05, 0) is 56.5 Å². The minimum Gasteiger partial charge on any atom is -0.497 e. The number of fused-ring (bicyclic) bond motifs is 1. The van der Waals surface area contributed by atoms with Crippen molar-refractivity contribution in [3.05, 3.63) is 65.4 Å². The van der Waals surface area contributed by atoms with E-state index < -0.39 is 11.7 Å². The lowest BCUT2D eigenvalue weighted by molar-refractivity contribution is 0.0528. The Bertz CT molecular complexity index is 1030. The van der Waals surface area contributed by atoms with E-state index in [1.54, 1.807) is 7.11 Å². The van der Waals surface area contributed by atoms with E-state index in [9.17, 15) is 9.59 Å². The number of para-hydroxylation sites is 1. The minimum atomic E-state index is -0.549. The Balaban J connectivity index is 1.86. The quantitative estimate of drug-likeness (QED) is 0.581. The second-order valence-corrected chi connectivity index (χ2v) is 8.11. The Kier molecular flexibility index (Phi) is 6.45. The minimum absolute atomic E-state index is 0.381. The highest BCUT2D eigenvalue weighted by atomic mass is 16.6. The molecule has 3 aromatic rings. The number of hydrogen-bond donors (Lipinski definition) is 1. The van der Waals surface area contributed by atoms with E-state index in [1.807, 2.05) is 73.9 Å². The van der Waals surface area contributed by atoms with Gasteiger partial charge in [-0.2, -0.15) is 0 Å². The molecule has 0 fully saturated rings. The maximum Gasteiger partial charge on any atom is 0.407 e. The number of carbonyl (C=O) groups is 2. The number of aromatic nitrogens is 1. The van der Waals surface area contributed by atoms with Crippen molar-refractivity contribution in [1.82, 2.24) is 9.88 Å². The molecule has 0 radical (unpaired) electrons. The lowest BCUT2D eigenvalue weighted by atomic mass is 10.1. The van der Waals surface area contributed by atoms with Gasteiger partial charge in [0.25, 0.3) is 0 Å².